The summed E-state index contributed by atoms with van der Waals surface area (Å²) < 4.78 is 25.3. The molecule has 0 N–H and O–H groups in total. The minimum atomic E-state index is -0.921. The van der Waals surface area contributed by atoms with Gasteiger partial charge < -0.3 is 9.47 Å². The summed E-state index contributed by atoms with van der Waals surface area (Å²) in [5, 5.41) is 0. The van der Waals surface area contributed by atoms with Crippen LogP contribution in [0.15, 0.2) is 60.9 Å². The van der Waals surface area contributed by atoms with Crippen molar-refractivity contribution in [2.75, 3.05) is 13.2 Å². The van der Waals surface area contributed by atoms with E-state index in [0.29, 0.717) is 18.0 Å². The quantitative estimate of drug-likeness (QED) is 0.135. The van der Waals surface area contributed by atoms with Crippen molar-refractivity contribution >= 4 is 0 Å². The van der Waals surface area contributed by atoms with Gasteiger partial charge in [-0.1, -0.05) is 96.6 Å². The maximum Gasteiger partial charge on any atom is 0.159 e. The van der Waals surface area contributed by atoms with Gasteiger partial charge in [-0.05, 0) is 54.8 Å². The summed E-state index contributed by atoms with van der Waals surface area (Å²) >= 11 is 0. The molecule has 0 spiro atoms. The van der Waals surface area contributed by atoms with E-state index in [9.17, 15) is 4.39 Å². The van der Waals surface area contributed by atoms with Crippen molar-refractivity contribution in [3.8, 4) is 34.0 Å². The van der Waals surface area contributed by atoms with E-state index >= 15 is 0 Å². The molecule has 0 bridgehead atoms. The summed E-state index contributed by atoms with van der Waals surface area (Å²) in [5.74, 6) is 2.24. The van der Waals surface area contributed by atoms with E-state index in [4.69, 9.17) is 9.47 Å². The number of hydrogen-bond donors (Lipinski definition) is 0. The number of rotatable bonds is 20. The highest BCUT2D eigenvalue weighted by molar-refractivity contribution is 5.64. The van der Waals surface area contributed by atoms with Gasteiger partial charge in [0.05, 0.1) is 6.61 Å². The lowest BCUT2D eigenvalue weighted by Crippen LogP contribution is -2.12. The molecule has 0 saturated carbocycles. The second kappa shape index (κ2) is 18.4. The first-order chi connectivity index (χ1) is 19.2. The third kappa shape index (κ3) is 11.8. The van der Waals surface area contributed by atoms with Crippen molar-refractivity contribution in [2.45, 2.75) is 103 Å². The molecule has 5 heteroatoms. The predicted octanol–water partition coefficient (Wildman–Crippen LogP) is 10.0. The van der Waals surface area contributed by atoms with Crippen LogP contribution in [0.1, 0.15) is 97.3 Å². The Morgan fingerprint density at radius 3 is 1.69 bits per heavy atom. The molecule has 0 radical (unpaired) electrons. The number of benzene rings is 2. The molecule has 0 aliphatic rings. The van der Waals surface area contributed by atoms with Crippen LogP contribution in [0.3, 0.4) is 0 Å². The Bertz CT molecular complexity index is 1020. The second-order valence-electron chi connectivity index (χ2n) is 10.4. The Morgan fingerprint density at radius 1 is 0.590 bits per heavy atom. The number of nitrogens with zero attached hydrogens (tertiary/aromatic N) is 2. The Kier molecular flexibility index (Phi) is 14.4. The van der Waals surface area contributed by atoms with Crippen LogP contribution in [0, 0.1) is 0 Å². The molecular weight excluding hydrogens is 487 g/mol. The van der Waals surface area contributed by atoms with Gasteiger partial charge in [0.1, 0.15) is 24.3 Å². The number of alkyl halides is 1. The Morgan fingerprint density at radius 2 is 1.10 bits per heavy atom. The minimum Gasteiger partial charge on any atom is -0.494 e. The SMILES string of the molecule is CCCCCCCCCCCCOc1ccc(-c2ncc(-c3ccc(OCC(F)CCCC)cc3)cn2)cc1. The summed E-state index contributed by atoms with van der Waals surface area (Å²) in [4.78, 5) is 9.13. The van der Waals surface area contributed by atoms with Gasteiger partial charge in [-0.25, -0.2) is 14.4 Å². The molecule has 0 amide bonds. The van der Waals surface area contributed by atoms with Crippen molar-refractivity contribution in [2.24, 2.45) is 0 Å². The average molecular weight is 535 g/mol. The molecule has 1 atom stereocenters. The summed E-state index contributed by atoms with van der Waals surface area (Å²) in [6.07, 6.45) is 18.4. The lowest BCUT2D eigenvalue weighted by atomic mass is 10.1. The summed E-state index contributed by atoms with van der Waals surface area (Å²) in [5.41, 5.74) is 2.88. The van der Waals surface area contributed by atoms with E-state index in [2.05, 4.69) is 23.8 Å². The van der Waals surface area contributed by atoms with Gasteiger partial charge in [-0.2, -0.15) is 0 Å². The van der Waals surface area contributed by atoms with E-state index in [1.807, 2.05) is 60.9 Å². The number of aromatic nitrogens is 2. The molecule has 1 heterocycles. The van der Waals surface area contributed by atoms with Gasteiger partial charge >= 0.3 is 0 Å². The Balaban J connectivity index is 1.36. The van der Waals surface area contributed by atoms with Crippen LogP contribution < -0.4 is 9.47 Å². The highest BCUT2D eigenvalue weighted by atomic mass is 19.1. The molecule has 212 valence electrons. The number of ether oxygens (including phenoxy) is 2. The zero-order valence-corrected chi connectivity index (χ0v) is 24.0. The van der Waals surface area contributed by atoms with E-state index in [1.165, 1.54) is 57.8 Å². The van der Waals surface area contributed by atoms with Gasteiger partial charge in [0, 0.05) is 23.5 Å². The fourth-order valence-corrected chi connectivity index (χ4v) is 4.55. The van der Waals surface area contributed by atoms with Crippen molar-refractivity contribution in [1.82, 2.24) is 9.97 Å². The van der Waals surface area contributed by atoms with E-state index < -0.39 is 6.17 Å². The number of unbranched alkanes of at least 4 members (excludes halogenated alkanes) is 10. The first-order valence-electron chi connectivity index (χ1n) is 15.1. The van der Waals surface area contributed by atoms with Crippen molar-refractivity contribution < 1.29 is 13.9 Å². The maximum absolute atomic E-state index is 13.8. The highest BCUT2D eigenvalue weighted by Crippen LogP contribution is 2.24. The third-order valence-electron chi connectivity index (χ3n) is 7.02. The Hall–Kier alpha value is -2.95. The number of halogens is 1. The molecule has 4 nitrogen and oxygen atoms in total. The molecule has 1 unspecified atom stereocenters. The summed E-state index contributed by atoms with van der Waals surface area (Å²) in [6, 6.07) is 15.6. The largest absolute Gasteiger partial charge is 0.494 e. The molecular formula is C34H47FN2O2. The second-order valence-corrected chi connectivity index (χ2v) is 10.4. The predicted molar refractivity (Wildman–Crippen MR) is 160 cm³/mol. The monoisotopic (exact) mass is 534 g/mol. The van der Waals surface area contributed by atoms with Crippen molar-refractivity contribution in [3.63, 3.8) is 0 Å². The summed E-state index contributed by atoms with van der Waals surface area (Å²) in [7, 11) is 0. The molecule has 3 aromatic rings. The topological polar surface area (TPSA) is 44.2 Å². The van der Waals surface area contributed by atoms with Crippen LogP contribution in [0.25, 0.3) is 22.5 Å². The molecule has 39 heavy (non-hydrogen) atoms. The van der Waals surface area contributed by atoms with Crippen LogP contribution in [0.5, 0.6) is 11.5 Å². The normalized spacial score (nSPS) is 11.9. The van der Waals surface area contributed by atoms with Gasteiger partial charge in [-0.3, -0.25) is 0 Å². The van der Waals surface area contributed by atoms with Gasteiger partial charge in [0.15, 0.2) is 5.82 Å². The maximum atomic E-state index is 13.8. The van der Waals surface area contributed by atoms with Crippen LogP contribution in [-0.2, 0) is 0 Å². The first kappa shape index (κ1) is 30.6. The molecule has 0 saturated heterocycles. The van der Waals surface area contributed by atoms with Crippen LogP contribution in [0.4, 0.5) is 4.39 Å². The smallest absolute Gasteiger partial charge is 0.159 e. The highest BCUT2D eigenvalue weighted by Gasteiger charge is 2.08. The molecule has 2 aromatic carbocycles. The first-order valence-corrected chi connectivity index (χ1v) is 15.1. The van der Waals surface area contributed by atoms with Gasteiger partial charge in [0.25, 0.3) is 0 Å². The van der Waals surface area contributed by atoms with Crippen LogP contribution in [0.2, 0.25) is 0 Å². The molecule has 0 fully saturated rings. The van der Waals surface area contributed by atoms with E-state index in [1.54, 1.807) is 0 Å². The molecule has 0 aliphatic carbocycles. The Labute approximate surface area is 235 Å². The fourth-order valence-electron chi connectivity index (χ4n) is 4.55. The average Bonchev–Trinajstić information content (AvgIpc) is 2.98. The zero-order chi connectivity index (χ0) is 27.5. The third-order valence-corrected chi connectivity index (χ3v) is 7.02. The lowest BCUT2D eigenvalue weighted by molar-refractivity contribution is 0.184. The fraction of sp³-hybridized carbons (Fsp3) is 0.529. The summed E-state index contributed by atoms with van der Waals surface area (Å²) in [6.45, 7) is 5.19. The number of hydrogen-bond acceptors (Lipinski definition) is 4. The zero-order valence-electron chi connectivity index (χ0n) is 24.0. The molecule has 0 aliphatic heterocycles. The standard InChI is InChI=1S/C34H47FN2O2/c1-3-5-7-8-9-10-11-12-13-14-24-38-32-22-18-29(19-23-32)34-36-25-30(26-37-34)28-16-20-33(21-17-28)39-27-31(35)15-6-4-2/h16-23,25-26,31H,3-15,24,27H2,1-2H3. The van der Waals surface area contributed by atoms with Crippen LogP contribution >= 0.6 is 0 Å². The van der Waals surface area contributed by atoms with E-state index in [-0.39, 0.29) is 6.61 Å². The molecule has 1 aromatic heterocycles. The van der Waals surface area contributed by atoms with Gasteiger partial charge in [-0.15, -0.1) is 0 Å². The lowest BCUT2D eigenvalue weighted by Gasteiger charge is -2.10. The van der Waals surface area contributed by atoms with Crippen molar-refractivity contribution in [3.05, 3.63) is 60.9 Å². The van der Waals surface area contributed by atoms with E-state index in [0.717, 1.165) is 48.3 Å². The molecule has 3 rings (SSSR count). The minimum absolute atomic E-state index is 0.0975. The van der Waals surface area contributed by atoms with Gasteiger partial charge in [0.2, 0.25) is 0 Å². The van der Waals surface area contributed by atoms with Crippen molar-refractivity contribution in [1.29, 1.82) is 0 Å². The van der Waals surface area contributed by atoms with Crippen LogP contribution in [-0.4, -0.2) is 29.4 Å².